The summed E-state index contributed by atoms with van der Waals surface area (Å²) in [4.78, 5) is 16.4. The first-order valence-electron chi connectivity index (χ1n) is 9.02. The fourth-order valence-corrected chi connectivity index (χ4v) is 2.77. The number of rotatable bonds is 5. The lowest BCUT2D eigenvalue weighted by molar-refractivity contribution is 0.0265. The molecule has 2 aromatic carbocycles. The van der Waals surface area contributed by atoms with Crippen LogP contribution in [-0.2, 0) is 4.74 Å². The lowest BCUT2D eigenvalue weighted by atomic mass is 10.1. The Kier molecular flexibility index (Phi) is 4.90. The smallest absolute Gasteiger partial charge is 0.338 e. The molecule has 0 bridgehead atoms. The molecule has 146 valence electrons. The van der Waals surface area contributed by atoms with Gasteiger partial charge in [-0.2, -0.15) is 4.98 Å². The van der Waals surface area contributed by atoms with E-state index in [1.807, 2.05) is 31.2 Å². The summed E-state index contributed by atoms with van der Waals surface area (Å²) in [5.41, 5.74) is 3.02. The Hall–Kier alpha value is -3.81. The maximum atomic E-state index is 12.3. The molecule has 2 aromatic heterocycles. The van der Waals surface area contributed by atoms with Crippen LogP contribution in [0.5, 0.6) is 0 Å². The van der Waals surface area contributed by atoms with E-state index in [0.717, 1.165) is 11.1 Å². The summed E-state index contributed by atoms with van der Waals surface area (Å²) in [5.74, 6) is 1.06. The molecule has 0 aliphatic heterocycles. The third kappa shape index (κ3) is 3.91. The van der Waals surface area contributed by atoms with Gasteiger partial charge in [0.1, 0.15) is 0 Å². The van der Waals surface area contributed by atoms with E-state index in [9.17, 15) is 4.79 Å². The van der Waals surface area contributed by atoms with Crippen molar-refractivity contribution in [2.45, 2.75) is 26.9 Å². The Morgan fingerprint density at radius 1 is 1.00 bits per heavy atom. The fourth-order valence-electron chi connectivity index (χ4n) is 2.77. The van der Waals surface area contributed by atoms with Crippen molar-refractivity contribution in [2.24, 2.45) is 0 Å². The normalized spacial score (nSPS) is 12.0. The Balaban J connectivity index is 1.48. The summed E-state index contributed by atoms with van der Waals surface area (Å²) in [6.07, 6.45) is -0.643. The van der Waals surface area contributed by atoms with Crippen LogP contribution in [0.25, 0.3) is 22.9 Å². The molecule has 0 spiro atoms. The molecule has 1 atom stereocenters. The predicted molar refractivity (Wildman–Crippen MR) is 103 cm³/mol. The summed E-state index contributed by atoms with van der Waals surface area (Å²) in [6, 6.07) is 14.5. The van der Waals surface area contributed by atoms with Crippen LogP contribution in [-0.4, -0.2) is 26.3 Å². The molecule has 0 saturated carbocycles. The Labute approximate surface area is 166 Å². The molecule has 0 amide bonds. The summed E-state index contributed by atoms with van der Waals surface area (Å²) in [7, 11) is 0. The third-order valence-corrected chi connectivity index (χ3v) is 4.34. The van der Waals surface area contributed by atoms with Crippen LogP contribution in [0.4, 0.5) is 0 Å². The van der Waals surface area contributed by atoms with Gasteiger partial charge in [-0.1, -0.05) is 23.4 Å². The lowest BCUT2D eigenvalue weighted by Gasteiger charge is -2.09. The molecular formula is C21H18N4O4. The molecule has 0 aliphatic rings. The molecule has 0 N–H and O–H groups in total. The van der Waals surface area contributed by atoms with Crippen LogP contribution in [0.1, 0.15) is 40.7 Å². The lowest BCUT2D eigenvalue weighted by Crippen LogP contribution is -2.09. The third-order valence-electron chi connectivity index (χ3n) is 4.34. The van der Waals surface area contributed by atoms with Gasteiger partial charge in [0.2, 0.25) is 11.8 Å². The number of carbonyl (C=O) groups excluding carboxylic acids is 1. The minimum atomic E-state index is -0.643. The average Bonchev–Trinajstić information content (AvgIpc) is 3.38. The maximum absolute atomic E-state index is 12.3. The summed E-state index contributed by atoms with van der Waals surface area (Å²) in [6.45, 7) is 5.35. The molecule has 4 aromatic rings. The number of benzene rings is 2. The Bertz CT molecular complexity index is 1150. The first-order chi connectivity index (χ1) is 14.0. The van der Waals surface area contributed by atoms with E-state index in [1.54, 1.807) is 38.1 Å². The zero-order chi connectivity index (χ0) is 20.4. The predicted octanol–water partition coefficient (Wildman–Crippen LogP) is 4.32. The molecule has 8 nitrogen and oxygen atoms in total. The standard InChI is InChI=1S/C21H18N4O4/c1-12-6-4-5-7-17(12)20-24-23-19(28-20)15-8-10-16(11-9-15)21(26)27-13(2)18-22-14(3)25-29-18/h4-11,13H,1-3H3. The van der Waals surface area contributed by atoms with Gasteiger partial charge in [0.05, 0.1) is 5.56 Å². The van der Waals surface area contributed by atoms with E-state index >= 15 is 0 Å². The van der Waals surface area contributed by atoms with Crippen molar-refractivity contribution >= 4 is 5.97 Å². The maximum Gasteiger partial charge on any atom is 0.338 e. The SMILES string of the molecule is Cc1noc(C(C)OC(=O)c2ccc(-c3nnc(-c4ccccc4C)o3)cc2)n1. The van der Waals surface area contributed by atoms with Crippen molar-refractivity contribution in [2.75, 3.05) is 0 Å². The first kappa shape index (κ1) is 18.5. The number of carbonyl (C=O) groups is 1. The van der Waals surface area contributed by atoms with Gasteiger partial charge in [0, 0.05) is 11.1 Å². The summed E-state index contributed by atoms with van der Waals surface area (Å²) in [5, 5.41) is 11.9. The van der Waals surface area contributed by atoms with Crippen LogP contribution in [0, 0.1) is 13.8 Å². The fraction of sp³-hybridized carbons (Fsp3) is 0.190. The summed E-state index contributed by atoms with van der Waals surface area (Å²) >= 11 is 0. The second kappa shape index (κ2) is 7.67. The Morgan fingerprint density at radius 2 is 1.72 bits per heavy atom. The Morgan fingerprint density at radius 3 is 2.41 bits per heavy atom. The molecule has 0 aliphatic carbocycles. The highest BCUT2D eigenvalue weighted by Crippen LogP contribution is 2.26. The summed E-state index contributed by atoms with van der Waals surface area (Å²) < 4.78 is 16.2. The highest BCUT2D eigenvalue weighted by molar-refractivity contribution is 5.90. The van der Waals surface area contributed by atoms with Crippen LogP contribution >= 0.6 is 0 Å². The molecule has 0 fully saturated rings. The number of aryl methyl sites for hydroxylation is 2. The van der Waals surface area contributed by atoms with E-state index in [1.165, 1.54) is 0 Å². The monoisotopic (exact) mass is 390 g/mol. The molecule has 8 heteroatoms. The number of nitrogens with zero attached hydrogens (tertiary/aromatic N) is 4. The highest BCUT2D eigenvalue weighted by atomic mass is 16.6. The van der Waals surface area contributed by atoms with Crippen molar-refractivity contribution in [1.29, 1.82) is 0 Å². The molecular weight excluding hydrogens is 372 g/mol. The van der Waals surface area contributed by atoms with Gasteiger partial charge in [0.25, 0.3) is 5.89 Å². The number of ether oxygens (including phenoxy) is 1. The van der Waals surface area contributed by atoms with Crippen molar-refractivity contribution in [3.05, 3.63) is 71.4 Å². The molecule has 2 heterocycles. The van der Waals surface area contributed by atoms with E-state index < -0.39 is 12.1 Å². The number of hydrogen-bond acceptors (Lipinski definition) is 8. The van der Waals surface area contributed by atoms with Gasteiger partial charge in [-0.05, 0) is 56.7 Å². The van der Waals surface area contributed by atoms with Crippen LogP contribution in [0.15, 0.2) is 57.5 Å². The quantitative estimate of drug-likeness (QED) is 0.464. The molecule has 4 rings (SSSR count). The second-order valence-electron chi connectivity index (χ2n) is 6.53. The van der Waals surface area contributed by atoms with Gasteiger partial charge in [0.15, 0.2) is 11.9 Å². The largest absolute Gasteiger partial charge is 0.449 e. The van der Waals surface area contributed by atoms with Crippen molar-refractivity contribution in [3.63, 3.8) is 0 Å². The van der Waals surface area contributed by atoms with Gasteiger partial charge in [-0.25, -0.2) is 4.79 Å². The molecule has 29 heavy (non-hydrogen) atoms. The average molecular weight is 390 g/mol. The van der Waals surface area contributed by atoms with Crippen LogP contribution in [0.2, 0.25) is 0 Å². The van der Waals surface area contributed by atoms with Gasteiger partial charge >= 0.3 is 5.97 Å². The van der Waals surface area contributed by atoms with Gasteiger partial charge in [-0.3, -0.25) is 0 Å². The van der Waals surface area contributed by atoms with E-state index in [-0.39, 0.29) is 5.89 Å². The number of aromatic nitrogens is 4. The van der Waals surface area contributed by atoms with Gasteiger partial charge in [-0.15, -0.1) is 10.2 Å². The van der Waals surface area contributed by atoms with Crippen molar-refractivity contribution in [3.8, 4) is 22.9 Å². The van der Waals surface area contributed by atoms with Crippen molar-refractivity contribution < 1.29 is 18.5 Å². The molecule has 0 radical (unpaired) electrons. The highest BCUT2D eigenvalue weighted by Gasteiger charge is 2.19. The topological polar surface area (TPSA) is 104 Å². The van der Waals surface area contributed by atoms with Crippen LogP contribution < -0.4 is 0 Å². The van der Waals surface area contributed by atoms with E-state index in [2.05, 4.69) is 20.3 Å². The minimum absolute atomic E-state index is 0.252. The second-order valence-corrected chi connectivity index (χ2v) is 6.53. The zero-order valence-electron chi connectivity index (χ0n) is 16.1. The van der Waals surface area contributed by atoms with Crippen molar-refractivity contribution in [1.82, 2.24) is 20.3 Å². The number of hydrogen-bond donors (Lipinski definition) is 0. The van der Waals surface area contributed by atoms with Crippen LogP contribution in [0.3, 0.4) is 0 Å². The molecule has 0 saturated heterocycles. The van der Waals surface area contributed by atoms with Gasteiger partial charge < -0.3 is 13.7 Å². The van der Waals surface area contributed by atoms with E-state index in [0.29, 0.717) is 28.7 Å². The zero-order valence-corrected chi connectivity index (χ0v) is 16.1. The number of esters is 1. The minimum Gasteiger partial charge on any atom is -0.449 e. The molecule has 1 unspecified atom stereocenters. The first-order valence-corrected chi connectivity index (χ1v) is 9.02. The van der Waals surface area contributed by atoms with E-state index in [4.69, 9.17) is 13.7 Å².